The van der Waals surface area contributed by atoms with E-state index in [1.807, 2.05) is 31.4 Å². The van der Waals surface area contributed by atoms with Crippen molar-refractivity contribution >= 4 is 38.1 Å². The molecule has 0 radical (unpaired) electrons. The van der Waals surface area contributed by atoms with Crippen molar-refractivity contribution in [2.45, 2.75) is 38.0 Å². The number of fused-ring (bicyclic) bond motifs is 2. The van der Waals surface area contributed by atoms with Crippen LogP contribution in [0.3, 0.4) is 0 Å². The SMILES string of the molecule is C[C@@H]1OCC2(CCN(c3nc4cnn(-c5ccc6cn(C)nc6c5)c4nc3CO)CC2)C1[SiH3]. The van der Waals surface area contributed by atoms with E-state index in [0.717, 1.165) is 70.7 Å². The van der Waals surface area contributed by atoms with Crippen molar-refractivity contribution in [3.05, 3.63) is 36.3 Å². The van der Waals surface area contributed by atoms with E-state index in [0.29, 0.717) is 28.4 Å². The second-order valence-electron chi connectivity index (χ2n) is 9.62. The van der Waals surface area contributed by atoms with Gasteiger partial charge in [-0.1, -0.05) is 0 Å². The minimum atomic E-state index is -0.159. The Morgan fingerprint density at radius 1 is 1.21 bits per heavy atom. The zero-order chi connectivity index (χ0) is 22.7. The largest absolute Gasteiger partial charge is 0.390 e. The smallest absolute Gasteiger partial charge is 0.182 e. The van der Waals surface area contributed by atoms with Crippen LogP contribution in [0.5, 0.6) is 0 Å². The molecule has 6 rings (SSSR count). The van der Waals surface area contributed by atoms with Crippen molar-refractivity contribution in [3.63, 3.8) is 0 Å². The van der Waals surface area contributed by atoms with E-state index in [1.165, 1.54) is 0 Å². The van der Waals surface area contributed by atoms with E-state index < -0.39 is 0 Å². The third-order valence-corrected chi connectivity index (χ3v) is 9.98. The number of hydrogen-bond acceptors (Lipinski definition) is 7. The van der Waals surface area contributed by atoms with Gasteiger partial charge in [-0.15, -0.1) is 0 Å². The molecule has 33 heavy (non-hydrogen) atoms. The Balaban J connectivity index is 1.33. The summed E-state index contributed by atoms with van der Waals surface area (Å²) in [5.74, 6) is 0.774. The molecule has 1 spiro atoms. The van der Waals surface area contributed by atoms with Gasteiger partial charge in [-0.25, -0.2) is 14.6 Å². The van der Waals surface area contributed by atoms with Gasteiger partial charge in [0.2, 0.25) is 0 Å². The van der Waals surface area contributed by atoms with Crippen molar-refractivity contribution in [2.75, 3.05) is 24.6 Å². The maximum Gasteiger partial charge on any atom is 0.182 e. The van der Waals surface area contributed by atoms with Crippen LogP contribution in [0.15, 0.2) is 30.6 Å². The van der Waals surface area contributed by atoms with Crippen molar-refractivity contribution in [3.8, 4) is 5.69 Å². The number of aliphatic hydroxyl groups excluding tert-OH is 1. The van der Waals surface area contributed by atoms with Crippen molar-refractivity contribution < 1.29 is 9.84 Å². The predicted octanol–water partition coefficient (Wildman–Crippen LogP) is 1.35. The second-order valence-corrected chi connectivity index (χ2v) is 10.9. The highest BCUT2D eigenvalue weighted by Gasteiger charge is 2.47. The fourth-order valence-electron chi connectivity index (χ4n) is 5.52. The van der Waals surface area contributed by atoms with Gasteiger partial charge in [0.1, 0.15) is 11.2 Å². The summed E-state index contributed by atoms with van der Waals surface area (Å²) in [4.78, 5) is 12.0. The maximum atomic E-state index is 10.1. The molecule has 1 unspecified atom stereocenters. The highest BCUT2D eigenvalue weighted by atomic mass is 28.1. The molecular formula is C23H29N7O2Si. The predicted molar refractivity (Wildman–Crippen MR) is 130 cm³/mol. The number of piperidine rings is 1. The van der Waals surface area contributed by atoms with Crippen LogP contribution in [0, 0.1) is 5.41 Å². The van der Waals surface area contributed by atoms with E-state index in [9.17, 15) is 5.11 Å². The molecule has 9 nitrogen and oxygen atoms in total. The molecule has 1 aromatic carbocycles. The van der Waals surface area contributed by atoms with Crippen LogP contribution in [0.4, 0.5) is 5.82 Å². The van der Waals surface area contributed by atoms with Gasteiger partial charge in [-0.05, 0) is 48.9 Å². The molecule has 2 aliphatic heterocycles. The standard InChI is InChI=1S/C23H29N7O2Si/c1-14-20(33)23(13-32-14)5-7-29(8-6-23)21-19(12-31)26-22-18(25-21)10-24-30(22)16-4-3-15-11-28(2)27-17(15)9-16/h3-4,9-11,14,20,31H,5-8,12-13H2,1-2,33H3/t14-,20?/m0/s1. The average Bonchev–Trinajstić information content (AvgIpc) is 3.49. The lowest BCUT2D eigenvalue weighted by molar-refractivity contribution is 0.0975. The Morgan fingerprint density at radius 3 is 2.76 bits per heavy atom. The fourth-order valence-corrected chi connectivity index (χ4v) is 6.45. The van der Waals surface area contributed by atoms with Gasteiger partial charge in [0.25, 0.3) is 0 Å². The third-order valence-electron chi connectivity index (χ3n) is 7.81. The summed E-state index contributed by atoms with van der Waals surface area (Å²) in [7, 11) is 3.07. The number of hydrogen-bond donors (Lipinski definition) is 1. The summed E-state index contributed by atoms with van der Waals surface area (Å²) in [6, 6.07) is 6.03. The lowest BCUT2D eigenvalue weighted by Gasteiger charge is -2.42. The molecule has 172 valence electrons. The molecule has 0 saturated carbocycles. The third kappa shape index (κ3) is 3.27. The number of nitrogens with zero attached hydrogens (tertiary/aromatic N) is 7. The molecule has 0 aliphatic carbocycles. The van der Waals surface area contributed by atoms with Gasteiger partial charge in [0.15, 0.2) is 11.5 Å². The Hall–Kier alpha value is -2.82. The summed E-state index contributed by atoms with van der Waals surface area (Å²) in [6.07, 6.45) is 6.31. The number of rotatable bonds is 3. The molecule has 0 amide bonds. The monoisotopic (exact) mass is 463 g/mol. The van der Waals surface area contributed by atoms with Gasteiger partial charge in [0.05, 0.1) is 36.7 Å². The molecule has 10 heteroatoms. The number of benzene rings is 1. The number of aryl methyl sites for hydroxylation is 1. The van der Waals surface area contributed by atoms with Crippen molar-refractivity contribution in [2.24, 2.45) is 12.5 Å². The van der Waals surface area contributed by atoms with Crippen LogP contribution in [0.2, 0.25) is 5.54 Å². The topological polar surface area (TPSA) is 94.1 Å². The second kappa shape index (κ2) is 7.61. The van der Waals surface area contributed by atoms with Crippen LogP contribution in [0.1, 0.15) is 25.5 Å². The highest BCUT2D eigenvalue weighted by molar-refractivity contribution is 6.12. The highest BCUT2D eigenvalue weighted by Crippen LogP contribution is 2.49. The molecule has 0 bridgehead atoms. The minimum absolute atomic E-state index is 0.159. The lowest BCUT2D eigenvalue weighted by Crippen LogP contribution is -2.43. The molecule has 5 heterocycles. The zero-order valence-corrected chi connectivity index (χ0v) is 21.3. The Bertz CT molecular complexity index is 1340. The summed E-state index contributed by atoms with van der Waals surface area (Å²) in [6.45, 7) is 4.75. The van der Waals surface area contributed by atoms with E-state index in [1.54, 1.807) is 15.6 Å². The quantitative estimate of drug-likeness (QED) is 0.459. The molecule has 3 aromatic heterocycles. The summed E-state index contributed by atoms with van der Waals surface area (Å²) >= 11 is 0. The maximum absolute atomic E-state index is 10.1. The molecule has 2 aliphatic rings. The van der Waals surface area contributed by atoms with E-state index in [4.69, 9.17) is 14.7 Å². The Morgan fingerprint density at radius 2 is 2.03 bits per heavy atom. The lowest BCUT2D eigenvalue weighted by atomic mass is 9.76. The number of ether oxygens (including phenoxy) is 1. The summed E-state index contributed by atoms with van der Waals surface area (Å²) < 4.78 is 9.58. The molecular weight excluding hydrogens is 434 g/mol. The Labute approximate surface area is 194 Å². The van der Waals surface area contributed by atoms with Gasteiger partial charge in [-0.3, -0.25) is 4.68 Å². The average molecular weight is 464 g/mol. The number of aliphatic hydroxyl groups is 1. The molecule has 2 saturated heterocycles. The van der Waals surface area contributed by atoms with Crippen LogP contribution in [-0.4, -0.2) is 70.7 Å². The first-order valence-electron chi connectivity index (χ1n) is 11.6. The van der Waals surface area contributed by atoms with E-state index >= 15 is 0 Å². The van der Waals surface area contributed by atoms with Crippen LogP contribution in [0.25, 0.3) is 27.8 Å². The molecule has 2 atom stereocenters. The van der Waals surface area contributed by atoms with Gasteiger partial charge in [-0.2, -0.15) is 10.2 Å². The van der Waals surface area contributed by atoms with E-state index in [-0.39, 0.29) is 6.61 Å². The Kier molecular flexibility index (Phi) is 4.79. The fraction of sp³-hybridized carbons (Fsp3) is 0.478. The molecule has 1 N–H and O–H groups in total. The van der Waals surface area contributed by atoms with Crippen LogP contribution < -0.4 is 4.90 Å². The van der Waals surface area contributed by atoms with Gasteiger partial charge >= 0.3 is 0 Å². The normalized spacial score (nSPS) is 22.8. The summed E-state index contributed by atoms with van der Waals surface area (Å²) in [5, 5.41) is 20.3. The molecule has 4 aromatic rings. The molecule has 2 fully saturated rings. The van der Waals surface area contributed by atoms with Crippen LogP contribution in [-0.2, 0) is 18.4 Å². The first kappa shape index (κ1) is 20.8. The number of anilines is 1. The van der Waals surface area contributed by atoms with E-state index in [2.05, 4.69) is 22.0 Å². The number of aromatic nitrogens is 6. The first-order valence-corrected chi connectivity index (χ1v) is 12.8. The summed E-state index contributed by atoms with van der Waals surface area (Å²) in [5.41, 5.74) is 4.74. The van der Waals surface area contributed by atoms with Crippen molar-refractivity contribution in [1.29, 1.82) is 0 Å². The first-order chi connectivity index (χ1) is 16.0. The van der Waals surface area contributed by atoms with Crippen molar-refractivity contribution in [1.82, 2.24) is 29.5 Å². The van der Waals surface area contributed by atoms with Crippen LogP contribution >= 0.6 is 0 Å². The minimum Gasteiger partial charge on any atom is -0.390 e. The van der Waals surface area contributed by atoms with Gasteiger partial charge in [0, 0.05) is 42.0 Å². The zero-order valence-electron chi connectivity index (χ0n) is 19.3. The van der Waals surface area contributed by atoms with Gasteiger partial charge < -0.3 is 14.7 Å².